The van der Waals surface area contributed by atoms with Crippen LogP contribution in [0.2, 0.25) is 10.0 Å². The van der Waals surface area contributed by atoms with E-state index in [1.54, 1.807) is 24.3 Å². The zero-order valence-electron chi connectivity index (χ0n) is 17.3. The number of nitrogens with zero attached hydrogens (tertiary/aromatic N) is 3. The molecule has 2 aromatic rings. The molecule has 9 nitrogen and oxygen atoms in total. The number of hydrazone groups is 1. The van der Waals surface area contributed by atoms with Crippen LogP contribution in [0.4, 0.5) is 5.69 Å². The van der Waals surface area contributed by atoms with Gasteiger partial charge in [-0.15, -0.1) is 0 Å². The molecule has 0 saturated carbocycles. The Morgan fingerprint density at radius 2 is 1.94 bits per heavy atom. The van der Waals surface area contributed by atoms with Gasteiger partial charge in [-0.1, -0.05) is 29.3 Å². The monoisotopic (exact) mass is 478 g/mol. The van der Waals surface area contributed by atoms with Crippen LogP contribution in [0.15, 0.2) is 41.8 Å². The number of hydrogen-bond donors (Lipinski definition) is 3. The molecular formula is C21H24Cl2N6O3. The largest absolute Gasteiger partial charge is 0.379 e. The number of amides is 2. The van der Waals surface area contributed by atoms with E-state index < -0.39 is 0 Å². The van der Waals surface area contributed by atoms with Gasteiger partial charge in [-0.2, -0.15) is 5.10 Å². The highest BCUT2D eigenvalue weighted by molar-refractivity contribution is 6.38. The van der Waals surface area contributed by atoms with Crippen LogP contribution >= 0.6 is 23.2 Å². The summed E-state index contributed by atoms with van der Waals surface area (Å²) in [7, 11) is 0. The summed E-state index contributed by atoms with van der Waals surface area (Å²) in [6.07, 6.45) is 4.22. The zero-order valence-corrected chi connectivity index (χ0v) is 18.8. The lowest BCUT2D eigenvalue weighted by atomic mass is 10.2. The first-order valence-corrected chi connectivity index (χ1v) is 10.8. The van der Waals surface area contributed by atoms with Crippen LogP contribution in [0.25, 0.3) is 0 Å². The lowest BCUT2D eigenvalue weighted by molar-refractivity contribution is -0.119. The molecule has 0 bridgehead atoms. The molecule has 3 rings (SSSR count). The second-order valence-corrected chi connectivity index (χ2v) is 7.77. The van der Waals surface area contributed by atoms with Crippen LogP contribution in [-0.2, 0) is 9.53 Å². The average molecular weight is 479 g/mol. The van der Waals surface area contributed by atoms with E-state index in [2.05, 4.69) is 31.0 Å². The topological polar surface area (TPSA) is 108 Å². The lowest BCUT2D eigenvalue weighted by Gasteiger charge is -2.26. The van der Waals surface area contributed by atoms with E-state index in [1.807, 2.05) is 0 Å². The van der Waals surface area contributed by atoms with E-state index in [0.717, 1.165) is 32.8 Å². The number of aromatic nitrogens is 1. The predicted octanol–water partition coefficient (Wildman–Crippen LogP) is 2.01. The van der Waals surface area contributed by atoms with E-state index in [0.29, 0.717) is 33.4 Å². The molecule has 1 aliphatic rings. The molecule has 3 N–H and O–H groups in total. The van der Waals surface area contributed by atoms with Gasteiger partial charge in [0.2, 0.25) is 0 Å². The Kier molecular flexibility index (Phi) is 9.24. The van der Waals surface area contributed by atoms with Gasteiger partial charge in [-0.05, 0) is 18.2 Å². The molecule has 0 atom stereocenters. The summed E-state index contributed by atoms with van der Waals surface area (Å²) in [5.74, 6) is -0.537. The number of carbonyl (C=O) groups is 2. The van der Waals surface area contributed by atoms with Crippen molar-refractivity contribution in [3.8, 4) is 0 Å². The Morgan fingerprint density at radius 3 is 2.69 bits per heavy atom. The number of ether oxygens (including phenoxy) is 1. The molecule has 2 heterocycles. The van der Waals surface area contributed by atoms with Gasteiger partial charge in [-0.3, -0.25) is 19.5 Å². The summed E-state index contributed by atoms with van der Waals surface area (Å²) in [6.45, 7) is 4.52. The Hall–Kier alpha value is -2.72. The standard InChI is InChI=1S/C21H24Cl2N6O3/c22-18-12-24-13-19(23)17(18)11-27-28-20(30)14-26-16-3-1-2-15(10-16)21(31)25-4-5-29-6-8-32-9-7-29/h1-3,10-13,26H,4-9,14H2,(H,25,31)(H,28,30)/b27-11+. The van der Waals surface area contributed by atoms with E-state index in [9.17, 15) is 9.59 Å². The molecule has 32 heavy (non-hydrogen) atoms. The van der Waals surface area contributed by atoms with Crippen molar-refractivity contribution in [2.45, 2.75) is 0 Å². The van der Waals surface area contributed by atoms with Crippen molar-refractivity contribution >= 4 is 46.9 Å². The molecule has 2 amide bonds. The fourth-order valence-corrected chi connectivity index (χ4v) is 3.42. The second kappa shape index (κ2) is 12.4. The van der Waals surface area contributed by atoms with Crippen molar-refractivity contribution < 1.29 is 14.3 Å². The van der Waals surface area contributed by atoms with E-state index in [1.165, 1.54) is 18.6 Å². The van der Waals surface area contributed by atoms with Gasteiger partial charge in [0.1, 0.15) is 0 Å². The van der Waals surface area contributed by atoms with Gasteiger partial charge in [0, 0.05) is 55.4 Å². The minimum absolute atomic E-state index is 0.0305. The van der Waals surface area contributed by atoms with Crippen molar-refractivity contribution in [3.63, 3.8) is 0 Å². The summed E-state index contributed by atoms with van der Waals surface area (Å²) < 4.78 is 5.32. The summed E-state index contributed by atoms with van der Waals surface area (Å²) in [5.41, 5.74) is 4.01. The third kappa shape index (κ3) is 7.45. The van der Waals surface area contributed by atoms with E-state index in [-0.39, 0.29) is 18.4 Å². The molecule has 0 aliphatic carbocycles. The first kappa shape index (κ1) is 23.9. The number of rotatable bonds is 9. The Bertz CT molecular complexity index is 946. The highest BCUT2D eigenvalue weighted by Crippen LogP contribution is 2.20. The van der Waals surface area contributed by atoms with Crippen LogP contribution in [0, 0.1) is 0 Å². The van der Waals surface area contributed by atoms with Crippen LogP contribution in [-0.4, -0.2) is 73.9 Å². The molecule has 0 radical (unpaired) electrons. The minimum Gasteiger partial charge on any atom is -0.379 e. The maximum atomic E-state index is 12.4. The fourth-order valence-electron chi connectivity index (χ4n) is 2.96. The number of hydrogen-bond acceptors (Lipinski definition) is 7. The second-order valence-electron chi connectivity index (χ2n) is 6.95. The van der Waals surface area contributed by atoms with Crippen LogP contribution in [0.1, 0.15) is 15.9 Å². The number of anilines is 1. The summed E-state index contributed by atoms with van der Waals surface area (Å²) in [5, 5.41) is 10.4. The van der Waals surface area contributed by atoms with Crippen molar-refractivity contribution in [2.75, 3.05) is 51.3 Å². The number of benzene rings is 1. The summed E-state index contributed by atoms with van der Waals surface area (Å²) >= 11 is 12.0. The van der Waals surface area contributed by atoms with Gasteiger partial charge >= 0.3 is 0 Å². The first-order chi connectivity index (χ1) is 15.5. The quantitative estimate of drug-likeness (QED) is 0.375. The highest BCUT2D eigenvalue weighted by Gasteiger charge is 2.11. The Labute approximate surface area is 196 Å². The number of carbonyl (C=O) groups excluding carboxylic acids is 2. The molecule has 1 saturated heterocycles. The molecule has 11 heteroatoms. The number of halogens is 2. The Balaban J connectivity index is 1.43. The van der Waals surface area contributed by atoms with Crippen LogP contribution in [0.3, 0.4) is 0 Å². The smallest absolute Gasteiger partial charge is 0.259 e. The molecule has 0 spiro atoms. The van der Waals surface area contributed by atoms with Gasteiger partial charge in [0.05, 0.1) is 36.0 Å². The first-order valence-electron chi connectivity index (χ1n) is 10.1. The number of pyridine rings is 1. The molecular weight excluding hydrogens is 455 g/mol. The minimum atomic E-state index is -0.372. The molecule has 170 valence electrons. The SMILES string of the molecule is O=C(CNc1cccc(C(=O)NCCN2CCOCC2)c1)N/N=C/c1c(Cl)cncc1Cl. The maximum Gasteiger partial charge on any atom is 0.259 e. The zero-order chi connectivity index (χ0) is 22.8. The van der Waals surface area contributed by atoms with Crippen molar-refractivity contribution in [1.29, 1.82) is 0 Å². The summed E-state index contributed by atoms with van der Waals surface area (Å²) in [4.78, 5) is 30.5. The van der Waals surface area contributed by atoms with E-state index in [4.69, 9.17) is 27.9 Å². The maximum absolute atomic E-state index is 12.4. The Morgan fingerprint density at radius 1 is 1.19 bits per heavy atom. The lowest BCUT2D eigenvalue weighted by Crippen LogP contribution is -2.41. The summed E-state index contributed by atoms with van der Waals surface area (Å²) in [6, 6.07) is 6.94. The van der Waals surface area contributed by atoms with Gasteiger partial charge in [-0.25, -0.2) is 5.43 Å². The third-order valence-corrected chi connectivity index (χ3v) is 5.27. The average Bonchev–Trinajstić information content (AvgIpc) is 2.80. The van der Waals surface area contributed by atoms with Crippen LogP contribution < -0.4 is 16.1 Å². The molecule has 1 aromatic carbocycles. The normalized spacial score (nSPS) is 14.3. The van der Waals surface area contributed by atoms with E-state index >= 15 is 0 Å². The van der Waals surface area contributed by atoms with Crippen molar-refractivity contribution in [2.24, 2.45) is 5.10 Å². The van der Waals surface area contributed by atoms with Crippen LogP contribution in [0.5, 0.6) is 0 Å². The van der Waals surface area contributed by atoms with Crippen molar-refractivity contribution in [1.82, 2.24) is 20.6 Å². The highest BCUT2D eigenvalue weighted by atomic mass is 35.5. The van der Waals surface area contributed by atoms with Gasteiger partial charge in [0.15, 0.2) is 0 Å². The van der Waals surface area contributed by atoms with Crippen molar-refractivity contribution in [3.05, 3.63) is 57.8 Å². The molecule has 1 fully saturated rings. The van der Waals surface area contributed by atoms with Gasteiger partial charge < -0.3 is 15.4 Å². The third-order valence-electron chi connectivity index (χ3n) is 4.67. The predicted molar refractivity (Wildman–Crippen MR) is 125 cm³/mol. The molecule has 0 unspecified atom stereocenters. The molecule has 1 aliphatic heterocycles. The fraction of sp³-hybridized carbons (Fsp3) is 0.333. The van der Waals surface area contributed by atoms with Gasteiger partial charge in [0.25, 0.3) is 11.8 Å². The number of nitrogens with one attached hydrogen (secondary N) is 3. The molecule has 1 aromatic heterocycles. The number of morpholine rings is 1.